The summed E-state index contributed by atoms with van der Waals surface area (Å²) in [6.07, 6.45) is 1.08. The summed E-state index contributed by atoms with van der Waals surface area (Å²) in [5.41, 5.74) is 6.66. The minimum absolute atomic E-state index is 0.00655. The summed E-state index contributed by atoms with van der Waals surface area (Å²) in [4.78, 5) is 0. The number of alkyl halides is 2. The van der Waals surface area contributed by atoms with Gasteiger partial charge in [-0.05, 0) is 36.5 Å². The van der Waals surface area contributed by atoms with Crippen LogP contribution in [-0.4, -0.2) is 6.54 Å². The van der Waals surface area contributed by atoms with Crippen molar-refractivity contribution in [1.29, 1.82) is 0 Å². The number of nitrogens with one attached hydrogen (secondary N) is 1. The smallest absolute Gasteiger partial charge is 0.265 e. The van der Waals surface area contributed by atoms with Gasteiger partial charge in [-0.25, -0.2) is 8.78 Å². The quantitative estimate of drug-likeness (QED) is 0.785. The lowest BCUT2D eigenvalue weighted by molar-refractivity contribution is 0.151. The van der Waals surface area contributed by atoms with Gasteiger partial charge in [-0.3, -0.25) is 0 Å². The first-order valence-electron chi connectivity index (χ1n) is 5.92. The van der Waals surface area contributed by atoms with Crippen molar-refractivity contribution >= 4 is 11.4 Å². The third-order valence-corrected chi connectivity index (χ3v) is 3.58. The van der Waals surface area contributed by atoms with Crippen LogP contribution in [-0.2, 0) is 0 Å². The van der Waals surface area contributed by atoms with Crippen molar-refractivity contribution in [3.05, 3.63) is 23.8 Å². The molecule has 0 spiro atoms. The molecule has 0 radical (unpaired) electrons. The minimum atomic E-state index is -2.49. The molecule has 0 amide bonds. The molecule has 0 saturated heterocycles. The number of hydrogen-bond acceptors (Lipinski definition) is 2. The first-order chi connectivity index (χ1) is 8.00. The summed E-state index contributed by atoms with van der Waals surface area (Å²) in [5.74, 6) is 0. The van der Waals surface area contributed by atoms with Crippen molar-refractivity contribution in [1.82, 2.24) is 0 Å². The van der Waals surface area contributed by atoms with Gasteiger partial charge in [0.15, 0.2) is 0 Å². The zero-order valence-corrected chi connectivity index (χ0v) is 9.97. The second-order valence-corrected chi connectivity index (χ2v) is 5.17. The fourth-order valence-corrected chi connectivity index (χ4v) is 2.19. The summed E-state index contributed by atoms with van der Waals surface area (Å²) in [7, 11) is 0. The summed E-state index contributed by atoms with van der Waals surface area (Å²) in [5, 5.41) is 3.13. The van der Waals surface area contributed by atoms with Crippen molar-refractivity contribution in [3.63, 3.8) is 0 Å². The predicted molar refractivity (Wildman–Crippen MR) is 66.3 cm³/mol. The Morgan fingerprint density at radius 2 is 2.12 bits per heavy atom. The van der Waals surface area contributed by atoms with Crippen molar-refractivity contribution in [2.24, 2.45) is 5.41 Å². The fourth-order valence-electron chi connectivity index (χ4n) is 2.19. The number of anilines is 2. The number of nitrogen functional groups attached to an aromatic ring is 1. The number of rotatable bonds is 4. The molecule has 0 aliphatic heterocycles. The predicted octanol–water partition coefficient (Wildman–Crippen LogP) is 3.81. The molecule has 17 heavy (non-hydrogen) atoms. The van der Waals surface area contributed by atoms with Crippen molar-refractivity contribution in [3.8, 4) is 0 Å². The van der Waals surface area contributed by atoms with E-state index in [2.05, 4.69) is 12.2 Å². The van der Waals surface area contributed by atoms with E-state index in [0.717, 1.165) is 6.54 Å². The van der Waals surface area contributed by atoms with Gasteiger partial charge < -0.3 is 11.1 Å². The van der Waals surface area contributed by atoms with E-state index in [1.807, 2.05) is 0 Å². The molecule has 1 saturated carbocycles. The zero-order chi connectivity index (χ0) is 12.5. The van der Waals surface area contributed by atoms with Gasteiger partial charge >= 0.3 is 0 Å². The highest BCUT2D eigenvalue weighted by molar-refractivity contribution is 5.58. The van der Waals surface area contributed by atoms with Gasteiger partial charge in [0.05, 0.1) is 0 Å². The van der Waals surface area contributed by atoms with Gasteiger partial charge in [-0.1, -0.05) is 13.3 Å². The Balaban J connectivity index is 2.09. The Morgan fingerprint density at radius 3 is 2.65 bits per heavy atom. The maximum atomic E-state index is 12.8. The van der Waals surface area contributed by atoms with Gasteiger partial charge in [0, 0.05) is 23.5 Å². The van der Waals surface area contributed by atoms with Crippen molar-refractivity contribution in [2.45, 2.75) is 32.6 Å². The van der Waals surface area contributed by atoms with Crippen LogP contribution in [0.2, 0.25) is 0 Å². The molecule has 1 aliphatic carbocycles. The molecule has 1 aliphatic rings. The van der Waals surface area contributed by atoms with Gasteiger partial charge in [0.25, 0.3) is 6.43 Å². The van der Waals surface area contributed by atoms with Gasteiger partial charge in [0.1, 0.15) is 0 Å². The van der Waals surface area contributed by atoms with E-state index in [1.165, 1.54) is 25.3 Å². The molecular weight excluding hydrogens is 222 g/mol. The van der Waals surface area contributed by atoms with Gasteiger partial charge in [0.2, 0.25) is 0 Å². The monoisotopic (exact) mass is 240 g/mol. The van der Waals surface area contributed by atoms with E-state index in [4.69, 9.17) is 5.73 Å². The first kappa shape index (κ1) is 12.1. The number of hydrogen-bond donors (Lipinski definition) is 2. The molecular formula is C13H18F2N2. The first-order valence-corrected chi connectivity index (χ1v) is 5.92. The van der Waals surface area contributed by atoms with Crippen LogP contribution in [0.4, 0.5) is 20.2 Å². The Hall–Kier alpha value is -1.32. The standard InChI is InChI=1S/C13H18F2N2/c1-13(5-2-6-13)8-17-11-4-3-9(16)7-10(11)12(14)15/h3-4,7,12,17H,2,5-6,8,16H2,1H3. The topological polar surface area (TPSA) is 38.0 Å². The van der Waals surface area contributed by atoms with Crippen molar-refractivity contribution in [2.75, 3.05) is 17.6 Å². The maximum Gasteiger partial charge on any atom is 0.265 e. The van der Waals surface area contributed by atoms with Crippen LogP contribution >= 0.6 is 0 Å². The summed E-state index contributed by atoms with van der Waals surface area (Å²) >= 11 is 0. The van der Waals surface area contributed by atoms with Crippen LogP contribution in [0.15, 0.2) is 18.2 Å². The lowest BCUT2D eigenvalue weighted by atomic mass is 9.70. The van der Waals surface area contributed by atoms with Crippen LogP contribution < -0.4 is 11.1 Å². The molecule has 0 atom stereocenters. The Labute approximate surface area is 100 Å². The van der Waals surface area contributed by atoms with E-state index in [1.54, 1.807) is 12.1 Å². The van der Waals surface area contributed by atoms with Gasteiger partial charge in [-0.2, -0.15) is 0 Å². The van der Waals surface area contributed by atoms with Crippen LogP contribution in [0.5, 0.6) is 0 Å². The average molecular weight is 240 g/mol. The van der Waals surface area contributed by atoms with E-state index < -0.39 is 6.43 Å². The van der Waals surface area contributed by atoms with Crippen LogP contribution in [0.3, 0.4) is 0 Å². The Kier molecular flexibility index (Phi) is 3.22. The van der Waals surface area contributed by atoms with E-state index >= 15 is 0 Å². The summed E-state index contributed by atoms with van der Waals surface area (Å²) in [6.45, 7) is 2.93. The minimum Gasteiger partial charge on any atom is -0.399 e. The third kappa shape index (κ3) is 2.68. The molecule has 4 heteroatoms. The Morgan fingerprint density at radius 1 is 1.41 bits per heavy atom. The summed E-state index contributed by atoms with van der Waals surface area (Å²) < 4.78 is 25.7. The molecule has 1 fully saturated rings. The molecule has 1 aromatic carbocycles. The third-order valence-electron chi connectivity index (χ3n) is 3.58. The average Bonchev–Trinajstić information content (AvgIpc) is 2.24. The molecule has 0 heterocycles. The van der Waals surface area contributed by atoms with Crippen LogP contribution in [0, 0.1) is 5.41 Å². The van der Waals surface area contributed by atoms with E-state index in [0.29, 0.717) is 11.4 Å². The fraction of sp³-hybridized carbons (Fsp3) is 0.538. The van der Waals surface area contributed by atoms with Crippen molar-refractivity contribution < 1.29 is 8.78 Å². The highest BCUT2D eigenvalue weighted by atomic mass is 19.3. The normalized spacial score (nSPS) is 17.9. The second kappa shape index (κ2) is 4.51. The summed E-state index contributed by atoms with van der Waals surface area (Å²) in [6, 6.07) is 4.63. The molecule has 94 valence electrons. The maximum absolute atomic E-state index is 12.8. The van der Waals surface area contributed by atoms with E-state index in [-0.39, 0.29) is 11.0 Å². The van der Waals surface area contributed by atoms with Crippen LogP contribution in [0.25, 0.3) is 0 Å². The van der Waals surface area contributed by atoms with Gasteiger partial charge in [-0.15, -0.1) is 0 Å². The highest BCUT2D eigenvalue weighted by Crippen LogP contribution is 2.40. The number of benzene rings is 1. The Bertz CT molecular complexity index is 400. The lowest BCUT2D eigenvalue weighted by Gasteiger charge is -2.38. The van der Waals surface area contributed by atoms with Crippen LogP contribution in [0.1, 0.15) is 38.2 Å². The molecule has 1 aromatic rings. The second-order valence-electron chi connectivity index (χ2n) is 5.17. The molecule has 3 N–H and O–H groups in total. The lowest BCUT2D eigenvalue weighted by Crippen LogP contribution is -2.33. The molecule has 0 unspecified atom stereocenters. The SMILES string of the molecule is CC1(CNc2ccc(N)cc2C(F)F)CCC1. The molecule has 2 rings (SSSR count). The molecule has 0 bridgehead atoms. The zero-order valence-electron chi connectivity index (χ0n) is 9.97. The largest absolute Gasteiger partial charge is 0.399 e. The highest BCUT2D eigenvalue weighted by Gasteiger charge is 2.31. The number of halogens is 2. The van der Waals surface area contributed by atoms with E-state index in [9.17, 15) is 8.78 Å². The molecule has 2 nitrogen and oxygen atoms in total. The molecule has 0 aromatic heterocycles. The number of nitrogens with two attached hydrogens (primary N) is 1.